The van der Waals surface area contributed by atoms with Crippen LogP contribution in [-0.2, 0) is 5.41 Å². The van der Waals surface area contributed by atoms with E-state index in [-0.39, 0.29) is 5.75 Å². The van der Waals surface area contributed by atoms with E-state index in [1.54, 1.807) is 36.4 Å². The highest BCUT2D eigenvalue weighted by molar-refractivity contribution is 6.49. The van der Waals surface area contributed by atoms with Gasteiger partial charge in [-0.3, -0.25) is 0 Å². The van der Waals surface area contributed by atoms with Gasteiger partial charge in [0.1, 0.15) is 5.75 Å². The maximum absolute atomic E-state index is 14.6. The van der Waals surface area contributed by atoms with Gasteiger partial charge in [0.2, 0.25) is 0 Å². The second kappa shape index (κ2) is 7.96. The van der Waals surface area contributed by atoms with Gasteiger partial charge < -0.3 is 4.74 Å². The molecule has 0 spiro atoms. The molecule has 0 N–H and O–H groups in total. The number of para-hydroxylation sites is 1. The standard InChI is InChI=1S/C27H22Cl2FNO/c1-25(2)26(3,27(25,17-31)16-22(29)18-9-12-20(28)13-10-18)19-11-14-23(30)24(15-19)32-21-7-5-4-6-8-21/h4-16H,1-3H3. The molecule has 0 aliphatic heterocycles. The third-order valence-electron chi connectivity index (χ3n) is 7.08. The molecule has 3 aromatic carbocycles. The average Bonchev–Trinajstić information content (AvgIpc) is 3.17. The summed E-state index contributed by atoms with van der Waals surface area (Å²) in [5, 5.41) is 11.4. The van der Waals surface area contributed by atoms with E-state index < -0.39 is 22.1 Å². The van der Waals surface area contributed by atoms with E-state index >= 15 is 0 Å². The monoisotopic (exact) mass is 465 g/mol. The van der Waals surface area contributed by atoms with E-state index in [1.807, 2.05) is 57.2 Å². The largest absolute Gasteiger partial charge is 0.454 e. The van der Waals surface area contributed by atoms with E-state index in [2.05, 4.69) is 6.07 Å². The fourth-order valence-corrected chi connectivity index (χ4v) is 5.14. The highest BCUT2D eigenvalue weighted by atomic mass is 35.5. The molecule has 32 heavy (non-hydrogen) atoms. The summed E-state index contributed by atoms with van der Waals surface area (Å²) in [6, 6.07) is 23.5. The van der Waals surface area contributed by atoms with Crippen molar-refractivity contribution in [1.29, 1.82) is 5.26 Å². The van der Waals surface area contributed by atoms with Crippen LogP contribution in [0.15, 0.2) is 78.9 Å². The summed E-state index contributed by atoms with van der Waals surface area (Å²) >= 11 is 12.6. The normalized spacial score (nSPS) is 24.0. The van der Waals surface area contributed by atoms with E-state index in [1.165, 1.54) is 6.07 Å². The van der Waals surface area contributed by atoms with Crippen LogP contribution >= 0.6 is 23.2 Å². The Balaban J connectivity index is 1.76. The first-order chi connectivity index (χ1) is 15.2. The highest BCUT2D eigenvalue weighted by Gasteiger charge is 2.80. The number of ether oxygens (including phenoxy) is 1. The van der Waals surface area contributed by atoms with Crippen LogP contribution in [0.1, 0.15) is 31.9 Å². The summed E-state index contributed by atoms with van der Waals surface area (Å²) in [7, 11) is 0. The molecule has 2 nitrogen and oxygen atoms in total. The van der Waals surface area contributed by atoms with Crippen molar-refractivity contribution in [1.82, 2.24) is 0 Å². The third-order valence-corrected chi connectivity index (χ3v) is 7.66. The Kier molecular flexibility index (Phi) is 5.57. The van der Waals surface area contributed by atoms with Gasteiger partial charge in [-0.05, 0) is 59.0 Å². The molecule has 162 valence electrons. The molecule has 1 saturated carbocycles. The van der Waals surface area contributed by atoms with Crippen LogP contribution in [-0.4, -0.2) is 0 Å². The van der Waals surface area contributed by atoms with Crippen molar-refractivity contribution in [3.8, 4) is 17.6 Å². The molecule has 5 heteroatoms. The Bertz CT molecular complexity index is 1230. The lowest BCUT2D eigenvalue weighted by atomic mass is 9.87. The molecule has 0 saturated heterocycles. The van der Waals surface area contributed by atoms with Gasteiger partial charge in [-0.1, -0.05) is 80.4 Å². The van der Waals surface area contributed by atoms with Gasteiger partial charge in [-0.25, -0.2) is 4.39 Å². The van der Waals surface area contributed by atoms with Gasteiger partial charge in [0.05, 0.1) is 11.5 Å². The van der Waals surface area contributed by atoms with Crippen molar-refractivity contribution < 1.29 is 9.13 Å². The molecular formula is C27H22Cl2FNO. The molecule has 2 atom stereocenters. The zero-order valence-electron chi connectivity index (χ0n) is 18.0. The van der Waals surface area contributed by atoms with Crippen molar-refractivity contribution in [2.75, 3.05) is 0 Å². The van der Waals surface area contributed by atoms with Crippen LogP contribution in [0.4, 0.5) is 4.39 Å². The molecule has 3 aromatic rings. The van der Waals surface area contributed by atoms with Gasteiger partial charge in [-0.15, -0.1) is 0 Å². The summed E-state index contributed by atoms with van der Waals surface area (Å²) in [5.41, 5.74) is -0.359. The van der Waals surface area contributed by atoms with Crippen LogP contribution < -0.4 is 4.74 Å². The summed E-state index contributed by atoms with van der Waals surface area (Å²) < 4.78 is 20.4. The van der Waals surface area contributed by atoms with Crippen molar-refractivity contribution in [3.63, 3.8) is 0 Å². The predicted octanol–water partition coefficient (Wildman–Crippen LogP) is 8.36. The molecular weight excluding hydrogens is 444 g/mol. The maximum Gasteiger partial charge on any atom is 0.165 e. The molecule has 0 heterocycles. The number of nitriles is 1. The molecule has 1 aliphatic rings. The molecule has 1 aliphatic carbocycles. The highest BCUT2D eigenvalue weighted by Crippen LogP contribution is 2.79. The minimum Gasteiger partial charge on any atom is -0.454 e. The van der Waals surface area contributed by atoms with Crippen LogP contribution in [0.5, 0.6) is 11.5 Å². The first-order valence-corrected chi connectivity index (χ1v) is 11.0. The van der Waals surface area contributed by atoms with Crippen molar-refractivity contribution in [2.24, 2.45) is 10.8 Å². The summed E-state index contributed by atoms with van der Waals surface area (Å²) in [6.07, 6.45) is 1.82. The van der Waals surface area contributed by atoms with E-state index in [0.29, 0.717) is 15.8 Å². The second-order valence-corrected chi connectivity index (χ2v) is 9.57. The number of hydrogen-bond donors (Lipinski definition) is 0. The SMILES string of the molecule is CC1(C)C(C#N)(C=C(Cl)c2ccc(Cl)cc2)C1(C)c1ccc(F)c(Oc2ccccc2)c1. The van der Waals surface area contributed by atoms with Crippen molar-refractivity contribution >= 4 is 28.2 Å². The molecule has 0 amide bonds. The Labute approximate surface area is 197 Å². The number of allylic oxidation sites excluding steroid dienone is 1. The Morgan fingerprint density at radius 3 is 2.28 bits per heavy atom. The number of nitrogens with zero attached hydrogens (tertiary/aromatic N) is 1. The van der Waals surface area contributed by atoms with Crippen molar-refractivity contribution in [2.45, 2.75) is 26.2 Å². The molecule has 0 bridgehead atoms. The molecule has 0 radical (unpaired) electrons. The quantitative estimate of drug-likeness (QED) is 0.379. The lowest BCUT2D eigenvalue weighted by Crippen LogP contribution is -2.13. The minimum absolute atomic E-state index is 0.122. The van der Waals surface area contributed by atoms with Gasteiger partial charge in [0.25, 0.3) is 0 Å². The topological polar surface area (TPSA) is 33.0 Å². The Morgan fingerprint density at radius 1 is 1.00 bits per heavy atom. The van der Waals surface area contributed by atoms with E-state index in [0.717, 1.165) is 11.1 Å². The van der Waals surface area contributed by atoms with E-state index in [9.17, 15) is 9.65 Å². The third kappa shape index (κ3) is 3.30. The van der Waals surface area contributed by atoms with Crippen LogP contribution in [0, 0.1) is 28.0 Å². The van der Waals surface area contributed by atoms with Gasteiger partial charge in [0.15, 0.2) is 11.6 Å². The number of halogens is 3. The van der Waals surface area contributed by atoms with E-state index in [4.69, 9.17) is 27.9 Å². The first kappa shape index (κ1) is 22.4. The Hall–Kier alpha value is -2.80. The number of rotatable bonds is 5. The molecule has 1 fully saturated rings. The summed E-state index contributed by atoms with van der Waals surface area (Å²) in [4.78, 5) is 0. The molecule has 4 rings (SSSR count). The smallest absolute Gasteiger partial charge is 0.165 e. The summed E-state index contributed by atoms with van der Waals surface area (Å²) in [5.74, 6) is 0.204. The molecule has 0 aromatic heterocycles. The fraction of sp³-hybridized carbons (Fsp3) is 0.222. The predicted molar refractivity (Wildman–Crippen MR) is 127 cm³/mol. The van der Waals surface area contributed by atoms with Gasteiger partial charge in [0, 0.05) is 15.5 Å². The summed E-state index contributed by atoms with van der Waals surface area (Å²) in [6.45, 7) is 6.07. The number of hydrogen-bond acceptors (Lipinski definition) is 2. The lowest BCUT2D eigenvalue weighted by Gasteiger charge is -2.18. The van der Waals surface area contributed by atoms with Crippen LogP contribution in [0.3, 0.4) is 0 Å². The van der Waals surface area contributed by atoms with Crippen LogP contribution in [0.25, 0.3) is 5.03 Å². The maximum atomic E-state index is 14.6. The Morgan fingerprint density at radius 2 is 1.66 bits per heavy atom. The lowest BCUT2D eigenvalue weighted by molar-refractivity contribution is 0.438. The van der Waals surface area contributed by atoms with Crippen LogP contribution in [0.2, 0.25) is 5.02 Å². The second-order valence-electron chi connectivity index (χ2n) is 8.73. The molecule has 2 unspecified atom stereocenters. The number of benzene rings is 3. The van der Waals surface area contributed by atoms with Gasteiger partial charge >= 0.3 is 0 Å². The zero-order valence-corrected chi connectivity index (χ0v) is 19.5. The van der Waals surface area contributed by atoms with Gasteiger partial charge in [-0.2, -0.15) is 5.26 Å². The zero-order chi connectivity index (χ0) is 23.1. The fourth-order valence-electron chi connectivity index (χ4n) is 4.72. The average molecular weight is 466 g/mol. The first-order valence-electron chi connectivity index (χ1n) is 10.2. The van der Waals surface area contributed by atoms with Crippen molar-refractivity contribution in [3.05, 3.63) is 101 Å². The minimum atomic E-state index is -0.890.